The van der Waals surface area contributed by atoms with E-state index in [0.717, 1.165) is 0 Å². The molecule has 0 fully saturated rings. The summed E-state index contributed by atoms with van der Waals surface area (Å²) in [7, 11) is 0. The zero-order valence-electron chi connectivity index (χ0n) is 14.3. The van der Waals surface area contributed by atoms with Gasteiger partial charge in [-0.3, -0.25) is 0 Å². The summed E-state index contributed by atoms with van der Waals surface area (Å²) >= 11 is 0. The molecule has 1 aromatic rings. The Labute approximate surface area is 125 Å². The van der Waals surface area contributed by atoms with E-state index in [9.17, 15) is 5.11 Å². The van der Waals surface area contributed by atoms with Gasteiger partial charge in [-0.05, 0) is 46.8 Å². The molecule has 0 bridgehead atoms. The second-order valence-electron chi connectivity index (χ2n) is 7.88. The monoisotopic (exact) mass is 276 g/mol. The van der Waals surface area contributed by atoms with E-state index in [1.54, 1.807) is 0 Å². The average Bonchev–Trinajstić information content (AvgIpc) is 2.35. The van der Waals surface area contributed by atoms with E-state index in [-0.39, 0.29) is 5.41 Å². The van der Waals surface area contributed by atoms with Crippen LogP contribution in [0.25, 0.3) is 0 Å². The van der Waals surface area contributed by atoms with Gasteiger partial charge in [0, 0.05) is 0 Å². The molecule has 0 heterocycles. The van der Waals surface area contributed by atoms with Crippen LogP contribution in [0.3, 0.4) is 0 Å². The van der Waals surface area contributed by atoms with Gasteiger partial charge in [0.1, 0.15) is 5.75 Å². The van der Waals surface area contributed by atoms with Gasteiger partial charge in [-0.25, -0.2) is 0 Å². The molecule has 0 aliphatic heterocycles. The van der Waals surface area contributed by atoms with E-state index < -0.39 is 0 Å². The minimum atomic E-state index is 0.224. The number of hydrogen-bond donors (Lipinski definition) is 1. The minimum Gasteiger partial charge on any atom is -0.508 e. The number of aromatic hydroxyl groups is 1. The molecule has 0 aromatic heterocycles. The third kappa shape index (κ3) is 4.01. The molecule has 114 valence electrons. The predicted molar refractivity (Wildman–Crippen MR) is 88.2 cm³/mol. The van der Waals surface area contributed by atoms with Crippen molar-refractivity contribution in [1.82, 2.24) is 0 Å². The van der Waals surface area contributed by atoms with E-state index in [4.69, 9.17) is 0 Å². The third-order valence-electron chi connectivity index (χ3n) is 5.21. The van der Waals surface area contributed by atoms with Crippen molar-refractivity contribution in [2.24, 2.45) is 16.7 Å². The van der Waals surface area contributed by atoms with Gasteiger partial charge in [0.05, 0.1) is 0 Å². The summed E-state index contributed by atoms with van der Waals surface area (Å²) in [5.74, 6) is 1.54. The molecule has 1 heteroatoms. The second kappa shape index (κ2) is 6.20. The van der Waals surface area contributed by atoms with Crippen molar-refractivity contribution in [3.8, 4) is 5.75 Å². The van der Waals surface area contributed by atoms with Gasteiger partial charge in [-0.15, -0.1) is 0 Å². The van der Waals surface area contributed by atoms with Crippen LogP contribution in [-0.4, -0.2) is 5.11 Å². The van der Waals surface area contributed by atoms with E-state index in [0.29, 0.717) is 23.0 Å². The Kier molecular flexibility index (Phi) is 5.29. The first-order valence-electron chi connectivity index (χ1n) is 7.89. The fraction of sp³-hybridized carbons (Fsp3) is 0.684. The molecule has 1 rings (SSSR count). The van der Waals surface area contributed by atoms with Crippen LogP contribution in [0.1, 0.15) is 72.8 Å². The largest absolute Gasteiger partial charge is 0.508 e. The van der Waals surface area contributed by atoms with E-state index in [1.165, 1.54) is 18.4 Å². The lowest BCUT2D eigenvalue weighted by molar-refractivity contribution is 0.137. The van der Waals surface area contributed by atoms with E-state index >= 15 is 0 Å². The maximum Gasteiger partial charge on any atom is 0.115 e. The molecule has 2 unspecified atom stereocenters. The lowest BCUT2D eigenvalue weighted by Gasteiger charge is -2.41. The SMILES string of the molecule is CCC(C)(CC(c1ccc(O)cc1)C(C)(C)C)C(C)C. The Morgan fingerprint density at radius 2 is 1.50 bits per heavy atom. The normalized spacial score (nSPS) is 17.0. The van der Waals surface area contributed by atoms with Crippen LogP contribution in [0, 0.1) is 16.7 Å². The number of hydrogen-bond acceptors (Lipinski definition) is 1. The summed E-state index contributed by atoms with van der Waals surface area (Å²) in [6.07, 6.45) is 2.39. The lowest BCUT2D eigenvalue weighted by atomic mass is 9.64. The van der Waals surface area contributed by atoms with Crippen molar-refractivity contribution >= 4 is 0 Å². The van der Waals surface area contributed by atoms with Gasteiger partial charge in [-0.2, -0.15) is 0 Å². The molecule has 0 saturated heterocycles. The fourth-order valence-corrected chi connectivity index (χ4v) is 2.89. The molecule has 0 spiro atoms. The number of phenolic OH excluding ortho intramolecular Hbond substituents is 1. The summed E-state index contributed by atoms with van der Waals surface area (Å²) in [5, 5.41) is 9.51. The Morgan fingerprint density at radius 3 is 1.85 bits per heavy atom. The first-order chi connectivity index (χ1) is 9.10. The van der Waals surface area contributed by atoms with E-state index in [1.807, 2.05) is 12.1 Å². The van der Waals surface area contributed by atoms with Gasteiger partial charge in [0.2, 0.25) is 0 Å². The summed E-state index contributed by atoms with van der Waals surface area (Å²) in [5.41, 5.74) is 1.92. The zero-order chi connectivity index (χ0) is 15.6. The minimum absolute atomic E-state index is 0.224. The van der Waals surface area contributed by atoms with Gasteiger partial charge < -0.3 is 5.11 Å². The molecule has 0 radical (unpaired) electrons. The summed E-state index contributed by atoms with van der Waals surface area (Å²) < 4.78 is 0. The van der Waals surface area contributed by atoms with Gasteiger partial charge in [-0.1, -0.05) is 67.0 Å². The molecule has 0 saturated carbocycles. The summed E-state index contributed by atoms with van der Waals surface area (Å²) in [4.78, 5) is 0. The maximum absolute atomic E-state index is 9.51. The van der Waals surface area contributed by atoms with Crippen molar-refractivity contribution in [2.45, 2.75) is 67.2 Å². The van der Waals surface area contributed by atoms with Crippen molar-refractivity contribution in [1.29, 1.82) is 0 Å². The highest BCUT2D eigenvalue weighted by molar-refractivity contribution is 5.29. The summed E-state index contributed by atoms with van der Waals surface area (Å²) in [6.45, 7) is 16.3. The van der Waals surface area contributed by atoms with Gasteiger partial charge in [0.25, 0.3) is 0 Å². The molecule has 1 nitrogen and oxygen atoms in total. The molecular formula is C19H32O. The third-order valence-corrected chi connectivity index (χ3v) is 5.21. The van der Waals surface area contributed by atoms with Crippen LogP contribution in [0.2, 0.25) is 0 Å². The summed E-state index contributed by atoms with van der Waals surface area (Å²) in [6, 6.07) is 7.79. The first kappa shape index (κ1) is 17.1. The van der Waals surface area contributed by atoms with Crippen molar-refractivity contribution in [3.63, 3.8) is 0 Å². The molecule has 0 amide bonds. The highest BCUT2D eigenvalue weighted by Gasteiger charge is 2.35. The van der Waals surface area contributed by atoms with Gasteiger partial charge >= 0.3 is 0 Å². The van der Waals surface area contributed by atoms with E-state index in [2.05, 4.69) is 60.6 Å². The smallest absolute Gasteiger partial charge is 0.115 e. The molecule has 2 atom stereocenters. The predicted octanol–water partition coefficient (Wildman–Crippen LogP) is 5.98. The molecule has 1 N–H and O–H groups in total. The fourth-order valence-electron chi connectivity index (χ4n) is 2.89. The van der Waals surface area contributed by atoms with Crippen LogP contribution in [-0.2, 0) is 0 Å². The topological polar surface area (TPSA) is 20.2 Å². The zero-order valence-corrected chi connectivity index (χ0v) is 14.3. The van der Waals surface area contributed by atoms with Crippen LogP contribution < -0.4 is 0 Å². The highest BCUT2D eigenvalue weighted by Crippen LogP contribution is 2.47. The Morgan fingerprint density at radius 1 is 1.00 bits per heavy atom. The maximum atomic E-state index is 9.51. The van der Waals surface area contributed by atoms with Crippen LogP contribution >= 0.6 is 0 Å². The quantitative estimate of drug-likeness (QED) is 0.701. The lowest BCUT2D eigenvalue weighted by Crippen LogP contribution is -2.30. The Hall–Kier alpha value is -0.980. The molecule has 20 heavy (non-hydrogen) atoms. The molecular weight excluding hydrogens is 244 g/mol. The van der Waals surface area contributed by atoms with Crippen molar-refractivity contribution < 1.29 is 5.11 Å². The standard InChI is InChI=1S/C19H32O/c1-8-19(7,14(2)3)13-17(18(4,5)6)15-9-11-16(20)12-10-15/h9-12,14,17,20H,8,13H2,1-7H3. The van der Waals surface area contributed by atoms with Gasteiger partial charge in [0.15, 0.2) is 0 Å². The Bertz CT molecular complexity index is 410. The highest BCUT2D eigenvalue weighted by atomic mass is 16.3. The van der Waals surface area contributed by atoms with Crippen molar-refractivity contribution in [3.05, 3.63) is 29.8 Å². The van der Waals surface area contributed by atoms with Crippen molar-refractivity contribution in [2.75, 3.05) is 0 Å². The first-order valence-corrected chi connectivity index (χ1v) is 7.89. The van der Waals surface area contributed by atoms with Crippen LogP contribution in [0.4, 0.5) is 0 Å². The van der Waals surface area contributed by atoms with Crippen LogP contribution in [0.15, 0.2) is 24.3 Å². The molecule has 0 aliphatic rings. The molecule has 0 aliphatic carbocycles. The Balaban J connectivity index is 3.12. The van der Waals surface area contributed by atoms with Crippen LogP contribution in [0.5, 0.6) is 5.75 Å². The second-order valence-corrected chi connectivity index (χ2v) is 7.88. The number of rotatable bonds is 5. The average molecular weight is 276 g/mol. The number of phenols is 1. The number of benzene rings is 1. The molecule has 1 aromatic carbocycles.